The van der Waals surface area contributed by atoms with Crippen molar-refractivity contribution in [2.75, 3.05) is 79.2 Å². The van der Waals surface area contributed by atoms with Crippen LogP contribution in [-0.4, -0.2) is 133 Å². The summed E-state index contributed by atoms with van der Waals surface area (Å²) in [5, 5.41) is 5.24. The van der Waals surface area contributed by atoms with Crippen LogP contribution in [-0.2, 0) is 79.2 Å². The highest BCUT2D eigenvalue weighted by Gasteiger charge is 2.29. The third-order valence-corrected chi connectivity index (χ3v) is 8.84. The maximum absolute atomic E-state index is 12.6. The van der Waals surface area contributed by atoms with Gasteiger partial charge in [-0.3, -0.25) is 46.3 Å². The van der Waals surface area contributed by atoms with Crippen LogP contribution in [0.15, 0.2) is 30.3 Å². The minimum absolute atomic E-state index is 0.0102. The van der Waals surface area contributed by atoms with Crippen molar-refractivity contribution in [2.24, 2.45) is 10.7 Å². The minimum atomic E-state index is -3.97. The molecule has 0 heterocycles. The number of nitrogens with zero attached hydrogens (tertiary/aromatic N) is 1. The van der Waals surface area contributed by atoms with Gasteiger partial charge in [-0.2, -0.15) is 0 Å². The standard InChI is InChI=1S/C17H29N2O9P.C16H31N2O8P/c1-5-8-25-29(23,26-10-7-18-13-20)27-12-17(19-15(3)21)11-24-9-6-14(2)28-16(4)22;1-5-8-23-27(21,24-10-7-17)25-12-16(18-14(3)19)11-22-9-6-13(2)26-15(4)20/h5,14,17H,1,6-12H2,2-4H3,(H,19,21);5,13,16H,1,6-12,17H2,2-4H3,(H,18,19)/t14-,17-,29?;13-,16-,27?/m11/s1. The lowest BCUT2D eigenvalue weighted by Gasteiger charge is -2.22. The van der Waals surface area contributed by atoms with E-state index in [1.54, 1.807) is 13.8 Å². The normalized spacial score (nSPS) is 15.1. The number of hydrogen-bond acceptors (Lipinski definition) is 19. The first kappa shape index (κ1) is 54.9. The molecule has 4 N–H and O–H groups in total. The van der Waals surface area contributed by atoms with Gasteiger partial charge in [-0.05, 0) is 13.8 Å². The fraction of sp³-hybridized carbons (Fsp3) is 0.727. The fourth-order valence-electron chi connectivity index (χ4n) is 3.75. The zero-order chi connectivity index (χ0) is 42.8. The van der Waals surface area contributed by atoms with Crippen molar-refractivity contribution in [3.05, 3.63) is 25.3 Å². The molecule has 0 saturated carbocycles. The molecule has 0 rings (SSSR count). The van der Waals surface area contributed by atoms with E-state index in [4.69, 9.17) is 51.8 Å². The molecule has 0 spiro atoms. The van der Waals surface area contributed by atoms with Gasteiger partial charge >= 0.3 is 27.6 Å². The minimum Gasteiger partial charge on any atom is -0.463 e. The lowest BCUT2D eigenvalue weighted by molar-refractivity contribution is -0.147. The zero-order valence-electron chi connectivity index (χ0n) is 33.1. The van der Waals surface area contributed by atoms with Crippen LogP contribution < -0.4 is 16.4 Å². The smallest absolute Gasteiger partial charge is 0.463 e. The number of phosphoric acid groups is 2. The van der Waals surface area contributed by atoms with Gasteiger partial charge in [0, 0.05) is 47.1 Å². The summed E-state index contributed by atoms with van der Waals surface area (Å²) in [5.41, 5.74) is 5.34. The summed E-state index contributed by atoms with van der Waals surface area (Å²) in [6.45, 7) is 15.9. The number of amides is 2. The molecule has 2 unspecified atom stereocenters. The van der Waals surface area contributed by atoms with E-state index in [-0.39, 0.29) is 109 Å². The van der Waals surface area contributed by atoms with Crippen LogP contribution >= 0.6 is 15.6 Å². The Morgan fingerprint density at radius 2 is 1.09 bits per heavy atom. The van der Waals surface area contributed by atoms with E-state index in [1.807, 2.05) is 0 Å². The van der Waals surface area contributed by atoms with Crippen LogP contribution in [0.25, 0.3) is 0 Å². The van der Waals surface area contributed by atoms with Crippen LogP contribution in [0.5, 0.6) is 0 Å². The van der Waals surface area contributed by atoms with Gasteiger partial charge in [0.1, 0.15) is 12.2 Å². The Kier molecular flexibility index (Phi) is 33.3. The summed E-state index contributed by atoms with van der Waals surface area (Å²) < 4.78 is 76.8. The number of isocyanates is 1. The number of nitrogens with two attached hydrogens (primary N) is 1. The van der Waals surface area contributed by atoms with Crippen molar-refractivity contribution in [3.8, 4) is 0 Å². The predicted octanol–water partition coefficient (Wildman–Crippen LogP) is 2.68. The average molecular weight is 847 g/mol. The number of hydrogen-bond donors (Lipinski definition) is 3. The maximum Gasteiger partial charge on any atom is 0.475 e. The van der Waals surface area contributed by atoms with E-state index in [9.17, 15) is 33.1 Å². The highest BCUT2D eigenvalue weighted by Crippen LogP contribution is 2.50. The molecule has 6 atom stereocenters. The van der Waals surface area contributed by atoms with Crippen LogP contribution in [0.2, 0.25) is 0 Å². The van der Waals surface area contributed by atoms with Gasteiger partial charge in [0.2, 0.25) is 17.9 Å². The summed E-state index contributed by atoms with van der Waals surface area (Å²) in [6, 6.07) is -1.21. The molecule has 21 nitrogen and oxygen atoms in total. The van der Waals surface area contributed by atoms with E-state index < -0.39 is 27.7 Å². The molecule has 0 aromatic heterocycles. The number of ether oxygens (including phenoxy) is 4. The van der Waals surface area contributed by atoms with Crippen molar-refractivity contribution in [2.45, 2.75) is 78.7 Å². The predicted molar refractivity (Wildman–Crippen MR) is 202 cm³/mol. The fourth-order valence-corrected chi connectivity index (χ4v) is 6.14. The van der Waals surface area contributed by atoms with Crippen LogP contribution in [0.1, 0.15) is 54.4 Å². The first-order chi connectivity index (χ1) is 26.4. The average Bonchev–Trinajstić information content (AvgIpc) is 3.11. The summed E-state index contributed by atoms with van der Waals surface area (Å²) in [6.07, 6.45) is 4.47. The number of carbonyl (C=O) groups is 4. The van der Waals surface area contributed by atoms with Gasteiger partial charge in [-0.15, -0.1) is 13.2 Å². The first-order valence-electron chi connectivity index (χ1n) is 17.5. The molecule has 56 heavy (non-hydrogen) atoms. The van der Waals surface area contributed by atoms with Gasteiger partial charge in [-0.1, -0.05) is 12.2 Å². The highest BCUT2D eigenvalue weighted by molar-refractivity contribution is 7.48. The van der Waals surface area contributed by atoms with Gasteiger partial charge < -0.3 is 35.3 Å². The second-order valence-corrected chi connectivity index (χ2v) is 14.8. The molecule has 0 aliphatic carbocycles. The van der Waals surface area contributed by atoms with E-state index in [0.29, 0.717) is 19.4 Å². The number of nitrogens with one attached hydrogen (secondary N) is 2. The van der Waals surface area contributed by atoms with E-state index in [1.165, 1.54) is 45.9 Å². The molecule has 324 valence electrons. The molecule has 0 aromatic carbocycles. The van der Waals surface area contributed by atoms with Crippen molar-refractivity contribution in [3.63, 3.8) is 0 Å². The Labute approximate surface area is 328 Å². The van der Waals surface area contributed by atoms with Crippen molar-refractivity contribution < 1.29 is 79.2 Å². The van der Waals surface area contributed by atoms with E-state index in [0.717, 1.165) is 0 Å². The van der Waals surface area contributed by atoms with Crippen LogP contribution in [0, 0.1) is 0 Å². The third-order valence-electron chi connectivity index (χ3n) is 5.98. The van der Waals surface area contributed by atoms with Gasteiger partial charge in [0.05, 0.1) is 84.7 Å². The number of esters is 2. The third kappa shape index (κ3) is 34.1. The highest BCUT2D eigenvalue weighted by atomic mass is 31.2. The Hall–Kier alpha value is -3.16. The summed E-state index contributed by atoms with van der Waals surface area (Å²) >= 11 is 0. The first-order valence-corrected chi connectivity index (χ1v) is 20.4. The molecule has 0 aliphatic rings. The monoisotopic (exact) mass is 846 g/mol. The summed E-state index contributed by atoms with van der Waals surface area (Å²) in [7, 11) is -7.81. The molecule has 23 heteroatoms. The Morgan fingerprint density at radius 1 is 0.679 bits per heavy atom. The van der Waals surface area contributed by atoms with E-state index >= 15 is 0 Å². The van der Waals surface area contributed by atoms with Crippen molar-refractivity contribution >= 4 is 45.5 Å². The summed E-state index contributed by atoms with van der Waals surface area (Å²) in [5.74, 6) is -1.38. The molecule has 0 aromatic rings. The molecule has 0 fully saturated rings. The second-order valence-electron chi connectivity index (χ2n) is 11.4. The van der Waals surface area contributed by atoms with Gasteiger partial charge in [0.15, 0.2) is 0 Å². The largest absolute Gasteiger partial charge is 0.475 e. The molecular weight excluding hydrogens is 786 g/mol. The number of aliphatic imine (C=N–C) groups is 1. The molecule has 2 amide bonds. The zero-order valence-corrected chi connectivity index (χ0v) is 34.9. The van der Waals surface area contributed by atoms with Gasteiger partial charge in [-0.25, -0.2) is 18.9 Å². The lowest BCUT2D eigenvalue weighted by Crippen LogP contribution is -2.40. The van der Waals surface area contributed by atoms with Crippen LogP contribution in [0.4, 0.5) is 0 Å². The lowest BCUT2D eigenvalue weighted by atomic mass is 10.3. The van der Waals surface area contributed by atoms with Crippen molar-refractivity contribution in [1.29, 1.82) is 0 Å². The number of phosphoric ester groups is 2. The second kappa shape index (κ2) is 33.9. The molecule has 0 radical (unpaired) electrons. The van der Waals surface area contributed by atoms with E-state index in [2.05, 4.69) is 28.8 Å². The molecular formula is C33H60N4O17P2. The quantitative estimate of drug-likeness (QED) is 0.0214. The Morgan fingerprint density at radius 3 is 1.43 bits per heavy atom. The Bertz CT molecular complexity index is 1300. The van der Waals surface area contributed by atoms with Crippen molar-refractivity contribution in [1.82, 2.24) is 10.6 Å². The molecule has 0 bridgehead atoms. The van der Waals surface area contributed by atoms with Gasteiger partial charge in [0.25, 0.3) is 0 Å². The van der Waals surface area contributed by atoms with Crippen LogP contribution in [0.3, 0.4) is 0 Å². The topological polar surface area (TPSA) is 274 Å². The SMILES string of the molecule is C=CCOP(=O)(OCCN)OC[C@@H](COCC[C@@H](C)OC(C)=O)NC(C)=O.C=CCOP(=O)(OCCN=C=O)OC[C@@H](COCC[C@@H](C)OC(C)=O)NC(C)=O. The maximum atomic E-state index is 12.6. The Balaban J connectivity index is 0. The summed E-state index contributed by atoms with van der Waals surface area (Å²) in [4.78, 5) is 57.8. The number of carbonyl (C=O) groups excluding carboxylic acids is 5. The number of rotatable bonds is 33. The molecule has 0 saturated heterocycles. The molecule has 0 aliphatic heterocycles.